The van der Waals surface area contributed by atoms with E-state index >= 15 is 0 Å². The van der Waals surface area contributed by atoms with Crippen molar-refractivity contribution in [3.8, 4) is 0 Å². The quantitative estimate of drug-likeness (QED) is 0.877. The van der Waals surface area contributed by atoms with Gasteiger partial charge in [0.05, 0.1) is 12.0 Å². The number of hydrogen-bond donors (Lipinski definition) is 2. The fourth-order valence-electron chi connectivity index (χ4n) is 4.89. The van der Waals surface area contributed by atoms with Crippen molar-refractivity contribution >= 4 is 11.5 Å². The SMILES string of the molecule is O=C(O)C[C@]1(O)C[C@H]2CC[C@@H]1C1=C2CCc2ccccc21. The lowest BCUT2D eigenvalue weighted by Gasteiger charge is -2.52. The van der Waals surface area contributed by atoms with Crippen molar-refractivity contribution in [2.24, 2.45) is 11.8 Å². The van der Waals surface area contributed by atoms with Crippen molar-refractivity contribution in [1.82, 2.24) is 0 Å². The fraction of sp³-hybridized carbons (Fsp3) is 0.500. The summed E-state index contributed by atoms with van der Waals surface area (Å²) in [4.78, 5) is 11.2. The number of carbonyl (C=O) groups is 1. The summed E-state index contributed by atoms with van der Waals surface area (Å²) in [6, 6.07) is 8.42. The van der Waals surface area contributed by atoms with E-state index in [9.17, 15) is 15.0 Å². The number of aryl methyl sites for hydroxylation is 1. The molecule has 2 N–H and O–H groups in total. The van der Waals surface area contributed by atoms with E-state index in [1.54, 1.807) is 0 Å². The molecule has 110 valence electrons. The minimum Gasteiger partial charge on any atom is -0.481 e. The van der Waals surface area contributed by atoms with Gasteiger partial charge in [-0.05, 0) is 54.7 Å². The minimum absolute atomic E-state index is 0.00458. The summed E-state index contributed by atoms with van der Waals surface area (Å²) < 4.78 is 0. The zero-order valence-electron chi connectivity index (χ0n) is 12.0. The average Bonchev–Trinajstić information content (AvgIpc) is 2.46. The summed E-state index contributed by atoms with van der Waals surface area (Å²) in [6.45, 7) is 0. The van der Waals surface area contributed by atoms with Crippen LogP contribution in [0.4, 0.5) is 0 Å². The summed E-state index contributed by atoms with van der Waals surface area (Å²) in [7, 11) is 0. The Bertz CT molecular complexity index is 646. The van der Waals surface area contributed by atoms with Crippen molar-refractivity contribution in [1.29, 1.82) is 0 Å². The lowest BCUT2D eigenvalue weighted by molar-refractivity contribution is -0.147. The second-order valence-electron chi connectivity index (χ2n) is 6.80. The van der Waals surface area contributed by atoms with Crippen LogP contribution >= 0.6 is 0 Å². The highest BCUT2D eigenvalue weighted by Gasteiger charge is 2.52. The van der Waals surface area contributed by atoms with E-state index in [1.807, 2.05) is 6.07 Å². The molecule has 3 nitrogen and oxygen atoms in total. The van der Waals surface area contributed by atoms with Gasteiger partial charge in [0.25, 0.3) is 0 Å². The summed E-state index contributed by atoms with van der Waals surface area (Å²) in [5, 5.41) is 20.2. The first kappa shape index (κ1) is 13.1. The molecule has 1 aromatic rings. The van der Waals surface area contributed by atoms with Crippen LogP contribution in [0.2, 0.25) is 0 Å². The number of hydrogen-bond acceptors (Lipinski definition) is 2. The molecule has 0 aliphatic heterocycles. The third kappa shape index (κ3) is 1.87. The monoisotopic (exact) mass is 284 g/mol. The number of aliphatic hydroxyl groups is 1. The predicted molar refractivity (Wildman–Crippen MR) is 79.7 cm³/mol. The number of allylic oxidation sites excluding steroid dienone is 1. The molecular formula is C18H20O3. The highest BCUT2D eigenvalue weighted by Crippen LogP contribution is 2.57. The van der Waals surface area contributed by atoms with Gasteiger partial charge in [0.2, 0.25) is 0 Å². The molecule has 4 aliphatic carbocycles. The van der Waals surface area contributed by atoms with Crippen LogP contribution in [-0.2, 0) is 11.2 Å². The zero-order chi connectivity index (χ0) is 14.6. The number of carboxylic acids is 1. The molecule has 2 bridgehead atoms. The largest absolute Gasteiger partial charge is 0.481 e. The first-order valence-corrected chi connectivity index (χ1v) is 7.84. The Balaban J connectivity index is 1.84. The van der Waals surface area contributed by atoms with E-state index in [-0.39, 0.29) is 12.3 Å². The van der Waals surface area contributed by atoms with Crippen molar-refractivity contribution < 1.29 is 15.0 Å². The molecule has 1 saturated carbocycles. The van der Waals surface area contributed by atoms with E-state index in [1.165, 1.54) is 22.3 Å². The normalized spacial score (nSPS) is 33.6. The van der Waals surface area contributed by atoms with Gasteiger partial charge in [-0.25, -0.2) is 0 Å². The number of benzene rings is 1. The van der Waals surface area contributed by atoms with Crippen molar-refractivity contribution in [2.45, 2.75) is 44.1 Å². The van der Waals surface area contributed by atoms with Gasteiger partial charge in [-0.15, -0.1) is 0 Å². The van der Waals surface area contributed by atoms with Crippen LogP contribution in [-0.4, -0.2) is 21.8 Å². The van der Waals surface area contributed by atoms with Crippen molar-refractivity contribution in [3.05, 3.63) is 41.0 Å². The Labute approximate surface area is 124 Å². The maximum Gasteiger partial charge on any atom is 0.306 e. The molecule has 3 heteroatoms. The predicted octanol–water partition coefficient (Wildman–Crippen LogP) is 3.02. The summed E-state index contributed by atoms with van der Waals surface area (Å²) in [6.07, 6.45) is 4.68. The Morgan fingerprint density at radius 3 is 2.86 bits per heavy atom. The molecule has 0 unspecified atom stereocenters. The van der Waals surface area contributed by atoms with Crippen LogP contribution in [0.1, 0.15) is 43.2 Å². The van der Waals surface area contributed by atoms with Crippen LogP contribution < -0.4 is 0 Å². The van der Waals surface area contributed by atoms with Gasteiger partial charge in [0.1, 0.15) is 0 Å². The lowest BCUT2D eigenvalue weighted by Crippen LogP contribution is -2.50. The molecule has 4 aliphatic rings. The van der Waals surface area contributed by atoms with Crippen molar-refractivity contribution in [2.75, 3.05) is 0 Å². The average molecular weight is 284 g/mol. The van der Waals surface area contributed by atoms with Gasteiger partial charge in [0, 0.05) is 5.92 Å². The van der Waals surface area contributed by atoms with E-state index < -0.39 is 11.6 Å². The Morgan fingerprint density at radius 1 is 1.24 bits per heavy atom. The Kier molecular flexibility index (Phi) is 2.77. The van der Waals surface area contributed by atoms with Crippen LogP contribution in [0.25, 0.3) is 5.57 Å². The first-order chi connectivity index (χ1) is 10.1. The lowest BCUT2D eigenvalue weighted by atomic mass is 9.55. The third-order valence-electron chi connectivity index (χ3n) is 5.67. The van der Waals surface area contributed by atoms with Crippen molar-refractivity contribution in [3.63, 3.8) is 0 Å². The number of fused-ring (bicyclic) bond motifs is 3. The van der Waals surface area contributed by atoms with Gasteiger partial charge >= 0.3 is 5.97 Å². The Morgan fingerprint density at radius 2 is 2.05 bits per heavy atom. The van der Waals surface area contributed by atoms with Crippen LogP contribution in [0.15, 0.2) is 29.8 Å². The third-order valence-corrected chi connectivity index (χ3v) is 5.67. The molecule has 0 saturated heterocycles. The molecule has 0 amide bonds. The number of carboxylic acid groups (broad SMARTS) is 1. The first-order valence-electron chi connectivity index (χ1n) is 7.84. The molecule has 0 radical (unpaired) electrons. The summed E-state index contributed by atoms with van der Waals surface area (Å²) >= 11 is 0. The molecule has 21 heavy (non-hydrogen) atoms. The van der Waals surface area contributed by atoms with E-state index in [0.717, 1.165) is 25.7 Å². The molecule has 3 atom stereocenters. The molecule has 0 spiro atoms. The summed E-state index contributed by atoms with van der Waals surface area (Å²) in [5.41, 5.74) is 4.33. The molecule has 0 aromatic heterocycles. The van der Waals surface area contributed by atoms with Gasteiger partial charge in [0.15, 0.2) is 0 Å². The molecule has 1 fully saturated rings. The molecule has 0 heterocycles. The maximum absolute atomic E-state index is 11.2. The molecular weight excluding hydrogens is 264 g/mol. The maximum atomic E-state index is 11.2. The molecule has 1 aromatic carbocycles. The summed E-state index contributed by atoms with van der Waals surface area (Å²) in [5.74, 6) is -0.519. The van der Waals surface area contributed by atoms with Gasteiger partial charge in [-0.2, -0.15) is 0 Å². The minimum atomic E-state index is -1.06. The highest BCUT2D eigenvalue weighted by atomic mass is 16.4. The number of rotatable bonds is 2. The van der Waals surface area contributed by atoms with Gasteiger partial charge in [-0.3, -0.25) is 4.79 Å². The van der Waals surface area contributed by atoms with Crippen LogP contribution in [0.5, 0.6) is 0 Å². The van der Waals surface area contributed by atoms with Gasteiger partial charge < -0.3 is 10.2 Å². The molecule has 5 rings (SSSR count). The smallest absolute Gasteiger partial charge is 0.306 e. The topological polar surface area (TPSA) is 57.5 Å². The standard InChI is InChI=1S/C18H20O3/c19-16(20)10-18(21)9-12-6-8-15(18)17-13-4-2-1-3-11(13)5-7-14(12)17/h1-4,12,15,21H,5-10H2,(H,19,20)/t12-,15-,18-/m1/s1. The van der Waals surface area contributed by atoms with E-state index in [4.69, 9.17) is 0 Å². The van der Waals surface area contributed by atoms with Crippen LogP contribution in [0, 0.1) is 11.8 Å². The fourth-order valence-corrected chi connectivity index (χ4v) is 4.89. The van der Waals surface area contributed by atoms with E-state index in [2.05, 4.69) is 18.2 Å². The second kappa shape index (κ2) is 4.44. The van der Waals surface area contributed by atoms with Crippen LogP contribution in [0.3, 0.4) is 0 Å². The number of aliphatic carboxylic acids is 1. The van der Waals surface area contributed by atoms with E-state index in [0.29, 0.717) is 12.3 Å². The zero-order valence-corrected chi connectivity index (χ0v) is 12.0. The Hall–Kier alpha value is -1.61. The highest BCUT2D eigenvalue weighted by molar-refractivity contribution is 5.79. The second-order valence-corrected chi connectivity index (χ2v) is 6.80. The van der Waals surface area contributed by atoms with Gasteiger partial charge in [-0.1, -0.05) is 29.8 Å².